The second kappa shape index (κ2) is 5.10. The van der Waals surface area contributed by atoms with Crippen LogP contribution in [0.3, 0.4) is 0 Å². The zero-order valence-corrected chi connectivity index (χ0v) is 13.5. The fourth-order valence-corrected chi connectivity index (χ4v) is 3.45. The van der Waals surface area contributed by atoms with Gasteiger partial charge in [-0.2, -0.15) is 0 Å². The van der Waals surface area contributed by atoms with E-state index >= 15 is 0 Å². The minimum absolute atomic E-state index is 0.0370. The molecule has 1 fully saturated rings. The molecule has 4 nitrogen and oxygen atoms in total. The van der Waals surface area contributed by atoms with Crippen molar-refractivity contribution in [1.82, 2.24) is 14.8 Å². The van der Waals surface area contributed by atoms with Gasteiger partial charge in [0.05, 0.1) is 10.4 Å². The van der Waals surface area contributed by atoms with E-state index in [1.165, 1.54) is 11.6 Å². The molecular formula is C18H16ClN3O. The highest BCUT2D eigenvalue weighted by atomic mass is 35.5. The van der Waals surface area contributed by atoms with Crippen LogP contribution in [0, 0.1) is 0 Å². The Morgan fingerprint density at radius 1 is 1.09 bits per heavy atom. The van der Waals surface area contributed by atoms with Crippen LogP contribution >= 0.6 is 11.6 Å². The van der Waals surface area contributed by atoms with E-state index in [0.717, 1.165) is 24.2 Å². The monoisotopic (exact) mass is 325 g/mol. The lowest BCUT2D eigenvalue weighted by atomic mass is 9.95. The van der Waals surface area contributed by atoms with E-state index in [1.54, 1.807) is 12.1 Å². The topological polar surface area (TPSA) is 50.9 Å². The van der Waals surface area contributed by atoms with E-state index in [1.807, 2.05) is 17.7 Å². The molecule has 0 saturated heterocycles. The van der Waals surface area contributed by atoms with Crippen molar-refractivity contribution in [3.8, 4) is 17.1 Å². The van der Waals surface area contributed by atoms with Gasteiger partial charge in [0, 0.05) is 12.6 Å². The van der Waals surface area contributed by atoms with Crippen LogP contribution in [0.5, 0.6) is 5.75 Å². The molecule has 4 rings (SSSR count). The maximum atomic E-state index is 9.52. The van der Waals surface area contributed by atoms with Crippen molar-refractivity contribution in [2.24, 2.45) is 7.05 Å². The molecule has 0 unspecified atom stereocenters. The summed E-state index contributed by atoms with van der Waals surface area (Å²) in [7, 11) is 1.97. The summed E-state index contributed by atoms with van der Waals surface area (Å²) >= 11 is 6.25. The molecule has 2 aromatic carbocycles. The van der Waals surface area contributed by atoms with Gasteiger partial charge in [-0.1, -0.05) is 41.9 Å². The SMILES string of the molecule is Cn1c(-c2ccc(O)cc2Cl)nnc1C1(c2ccccc2)CC1. The quantitative estimate of drug-likeness (QED) is 0.794. The van der Waals surface area contributed by atoms with Crippen molar-refractivity contribution in [1.29, 1.82) is 0 Å². The van der Waals surface area contributed by atoms with Crippen molar-refractivity contribution in [2.45, 2.75) is 18.3 Å². The van der Waals surface area contributed by atoms with Gasteiger partial charge in [-0.15, -0.1) is 10.2 Å². The van der Waals surface area contributed by atoms with Crippen LogP contribution in [0.4, 0.5) is 0 Å². The van der Waals surface area contributed by atoms with E-state index in [2.05, 4.69) is 34.5 Å². The van der Waals surface area contributed by atoms with Crippen LogP contribution in [-0.4, -0.2) is 19.9 Å². The Hall–Kier alpha value is -2.33. The third-order valence-electron chi connectivity index (χ3n) is 4.57. The normalized spacial score (nSPS) is 15.6. The number of aromatic nitrogens is 3. The van der Waals surface area contributed by atoms with E-state index in [9.17, 15) is 5.11 Å². The summed E-state index contributed by atoms with van der Waals surface area (Å²) in [5.41, 5.74) is 2.01. The molecule has 3 aromatic rings. The first-order valence-electron chi connectivity index (χ1n) is 7.56. The lowest BCUT2D eigenvalue weighted by Gasteiger charge is -2.15. The average Bonchev–Trinajstić information content (AvgIpc) is 3.27. The first-order valence-corrected chi connectivity index (χ1v) is 7.94. The van der Waals surface area contributed by atoms with Gasteiger partial charge in [-0.05, 0) is 36.6 Å². The largest absolute Gasteiger partial charge is 0.508 e. The number of phenolic OH excluding ortho intramolecular Hbond substituents is 1. The predicted octanol–water partition coefficient (Wildman–Crippen LogP) is 3.92. The van der Waals surface area contributed by atoms with E-state index in [0.29, 0.717) is 10.8 Å². The second-order valence-corrected chi connectivity index (χ2v) is 6.43. The molecule has 0 amide bonds. The third kappa shape index (κ3) is 2.21. The molecule has 1 aliphatic carbocycles. The summed E-state index contributed by atoms with van der Waals surface area (Å²) < 4.78 is 2.01. The van der Waals surface area contributed by atoms with Crippen LogP contribution in [0.2, 0.25) is 5.02 Å². The summed E-state index contributed by atoms with van der Waals surface area (Å²) in [5.74, 6) is 1.82. The van der Waals surface area contributed by atoms with E-state index in [4.69, 9.17) is 11.6 Å². The highest BCUT2D eigenvalue weighted by Gasteiger charge is 2.49. The highest BCUT2D eigenvalue weighted by Crippen LogP contribution is 2.53. The van der Waals surface area contributed by atoms with Gasteiger partial charge < -0.3 is 9.67 Å². The molecular weight excluding hydrogens is 310 g/mol. The van der Waals surface area contributed by atoms with Crippen LogP contribution in [0.15, 0.2) is 48.5 Å². The molecule has 0 spiro atoms. The summed E-state index contributed by atoms with van der Waals surface area (Å²) in [5, 5.41) is 18.8. The molecule has 23 heavy (non-hydrogen) atoms. The maximum Gasteiger partial charge on any atom is 0.165 e. The second-order valence-electron chi connectivity index (χ2n) is 6.02. The van der Waals surface area contributed by atoms with E-state index in [-0.39, 0.29) is 11.2 Å². The summed E-state index contributed by atoms with van der Waals surface area (Å²) in [6.45, 7) is 0. The Bertz CT molecular complexity index is 869. The number of halogens is 1. The number of rotatable bonds is 3. The molecule has 1 aromatic heterocycles. The number of benzene rings is 2. The van der Waals surface area contributed by atoms with Gasteiger partial charge in [-0.3, -0.25) is 0 Å². The predicted molar refractivity (Wildman–Crippen MR) is 89.6 cm³/mol. The molecule has 1 heterocycles. The minimum Gasteiger partial charge on any atom is -0.508 e. The van der Waals surface area contributed by atoms with Crippen molar-refractivity contribution in [3.05, 3.63) is 64.9 Å². The number of aromatic hydroxyl groups is 1. The minimum atomic E-state index is -0.0370. The number of hydrogen-bond acceptors (Lipinski definition) is 3. The van der Waals surface area contributed by atoms with Crippen LogP contribution < -0.4 is 0 Å². The molecule has 116 valence electrons. The molecule has 1 N–H and O–H groups in total. The smallest absolute Gasteiger partial charge is 0.165 e. The average molecular weight is 326 g/mol. The number of phenols is 1. The third-order valence-corrected chi connectivity index (χ3v) is 4.89. The van der Waals surface area contributed by atoms with E-state index < -0.39 is 0 Å². The summed E-state index contributed by atoms with van der Waals surface area (Å²) in [6, 6.07) is 15.3. The molecule has 1 saturated carbocycles. The molecule has 5 heteroatoms. The molecule has 0 radical (unpaired) electrons. The molecule has 0 aliphatic heterocycles. The molecule has 0 bridgehead atoms. The summed E-state index contributed by atoms with van der Waals surface area (Å²) in [6.07, 6.45) is 2.15. The lowest BCUT2D eigenvalue weighted by molar-refractivity contribution is 0.475. The fraction of sp³-hybridized carbons (Fsp3) is 0.222. The van der Waals surface area contributed by atoms with Gasteiger partial charge in [0.1, 0.15) is 11.6 Å². The van der Waals surface area contributed by atoms with Crippen molar-refractivity contribution < 1.29 is 5.11 Å². The number of hydrogen-bond donors (Lipinski definition) is 1. The standard InChI is InChI=1S/C18H16ClN3O/c1-22-16(14-8-7-13(23)11-15(14)19)20-21-17(22)18(9-10-18)12-5-3-2-4-6-12/h2-8,11,23H,9-10H2,1H3. The molecule has 1 aliphatic rings. The number of nitrogens with zero attached hydrogens (tertiary/aromatic N) is 3. The maximum absolute atomic E-state index is 9.52. The summed E-state index contributed by atoms with van der Waals surface area (Å²) in [4.78, 5) is 0. The van der Waals surface area contributed by atoms with Crippen LogP contribution in [0.1, 0.15) is 24.2 Å². The first-order chi connectivity index (χ1) is 11.1. The lowest BCUT2D eigenvalue weighted by Crippen LogP contribution is -2.15. The van der Waals surface area contributed by atoms with Gasteiger partial charge in [-0.25, -0.2) is 0 Å². The Morgan fingerprint density at radius 2 is 1.83 bits per heavy atom. The Labute approximate surface area is 139 Å². The van der Waals surface area contributed by atoms with Gasteiger partial charge >= 0.3 is 0 Å². The Morgan fingerprint density at radius 3 is 2.48 bits per heavy atom. The van der Waals surface area contributed by atoms with Gasteiger partial charge in [0.15, 0.2) is 5.82 Å². The zero-order valence-electron chi connectivity index (χ0n) is 12.7. The van der Waals surface area contributed by atoms with Crippen molar-refractivity contribution >= 4 is 11.6 Å². The van der Waals surface area contributed by atoms with Crippen molar-refractivity contribution in [3.63, 3.8) is 0 Å². The zero-order chi connectivity index (χ0) is 16.0. The van der Waals surface area contributed by atoms with Crippen molar-refractivity contribution in [2.75, 3.05) is 0 Å². The highest BCUT2D eigenvalue weighted by molar-refractivity contribution is 6.33. The molecule has 0 atom stereocenters. The van der Waals surface area contributed by atoms with Gasteiger partial charge in [0.2, 0.25) is 0 Å². The van der Waals surface area contributed by atoms with Crippen LogP contribution in [-0.2, 0) is 12.5 Å². The Balaban J connectivity index is 1.80. The Kier molecular flexibility index (Phi) is 3.16. The first kappa shape index (κ1) is 14.3. The van der Waals surface area contributed by atoms with Crippen LogP contribution in [0.25, 0.3) is 11.4 Å². The fourth-order valence-electron chi connectivity index (χ4n) is 3.19. The van der Waals surface area contributed by atoms with Gasteiger partial charge in [0.25, 0.3) is 0 Å².